The highest BCUT2D eigenvalue weighted by Gasteiger charge is 2.50. The predicted molar refractivity (Wildman–Crippen MR) is 97.8 cm³/mol. The zero-order valence-corrected chi connectivity index (χ0v) is 16.7. The van der Waals surface area contributed by atoms with Crippen LogP contribution >= 0.6 is 0 Å². The molecule has 0 amide bonds. The van der Waals surface area contributed by atoms with Crippen LogP contribution < -0.4 is 0 Å². The highest BCUT2D eigenvalue weighted by atomic mass is 16.6. The van der Waals surface area contributed by atoms with E-state index >= 15 is 0 Å². The molecule has 0 radical (unpaired) electrons. The summed E-state index contributed by atoms with van der Waals surface area (Å²) in [6.45, 7) is 13.4. The van der Waals surface area contributed by atoms with Crippen LogP contribution in [-0.4, -0.2) is 25.2 Å². The van der Waals surface area contributed by atoms with Crippen molar-refractivity contribution < 1.29 is 19.1 Å². The standard InChI is InChI=1S/C21H34O4/c1-7-24-18(22)16(19(23)25-8-2)10-9-15-11-14-12-20(3,4)13-17(14)21(15,5)6/h11,14,16-17H,7-10,12-13H2,1-6H3/t14-,17+/m1/s1. The summed E-state index contributed by atoms with van der Waals surface area (Å²) in [5.41, 5.74) is 1.93. The van der Waals surface area contributed by atoms with Crippen LogP contribution in [0.3, 0.4) is 0 Å². The summed E-state index contributed by atoms with van der Waals surface area (Å²) < 4.78 is 10.2. The van der Waals surface area contributed by atoms with Crippen molar-refractivity contribution in [2.75, 3.05) is 13.2 Å². The molecule has 0 N–H and O–H groups in total. The van der Waals surface area contributed by atoms with Crippen LogP contribution in [0.2, 0.25) is 0 Å². The predicted octanol–water partition coefficient (Wildman–Crippen LogP) is 4.53. The van der Waals surface area contributed by atoms with E-state index in [1.165, 1.54) is 18.4 Å². The van der Waals surface area contributed by atoms with E-state index < -0.39 is 17.9 Å². The average molecular weight is 350 g/mol. The Morgan fingerprint density at radius 3 is 2.12 bits per heavy atom. The Kier molecular flexibility index (Phi) is 6.01. The normalized spacial score (nSPS) is 26.3. The molecule has 0 aromatic carbocycles. The van der Waals surface area contributed by atoms with Crippen molar-refractivity contribution in [3.63, 3.8) is 0 Å². The Balaban J connectivity index is 2.07. The molecule has 2 rings (SSSR count). The van der Waals surface area contributed by atoms with Crippen LogP contribution in [0.1, 0.15) is 67.2 Å². The van der Waals surface area contributed by atoms with Gasteiger partial charge < -0.3 is 9.47 Å². The van der Waals surface area contributed by atoms with Gasteiger partial charge in [-0.05, 0) is 62.2 Å². The first kappa shape index (κ1) is 20.0. The zero-order chi connectivity index (χ0) is 18.8. The molecule has 0 aromatic heterocycles. The molecular weight excluding hydrogens is 316 g/mol. The Morgan fingerprint density at radius 1 is 1.08 bits per heavy atom. The second-order valence-corrected chi connectivity index (χ2v) is 8.85. The van der Waals surface area contributed by atoms with Crippen molar-refractivity contribution in [3.8, 4) is 0 Å². The maximum absolute atomic E-state index is 12.2. The van der Waals surface area contributed by atoms with Gasteiger partial charge in [-0.3, -0.25) is 9.59 Å². The van der Waals surface area contributed by atoms with Crippen LogP contribution in [0, 0.1) is 28.6 Å². The molecule has 0 aliphatic heterocycles. The van der Waals surface area contributed by atoms with E-state index in [4.69, 9.17) is 9.47 Å². The first-order valence-electron chi connectivity index (χ1n) is 9.66. The molecule has 1 fully saturated rings. The van der Waals surface area contributed by atoms with Gasteiger partial charge in [0.15, 0.2) is 5.92 Å². The van der Waals surface area contributed by atoms with Gasteiger partial charge in [0.1, 0.15) is 0 Å². The number of hydrogen-bond donors (Lipinski definition) is 0. The largest absolute Gasteiger partial charge is 0.465 e. The fourth-order valence-electron chi connectivity index (χ4n) is 4.81. The van der Waals surface area contributed by atoms with Gasteiger partial charge in [0.05, 0.1) is 13.2 Å². The maximum Gasteiger partial charge on any atom is 0.320 e. The van der Waals surface area contributed by atoms with E-state index in [9.17, 15) is 9.59 Å². The van der Waals surface area contributed by atoms with Gasteiger partial charge in [-0.2, -0.15) is 0 Å². The van der Waals surface area contributed by atoms with Crippen LogP contribution in [0.5, 0.6) is 0 Å². The Hall–Kier alpha value is -1.32. The SMILES string of the molecule is CCOC(=O)C(CCC1=C[C@@H]2CC(C)(C)C[C@@H]2C1(C)C)C(=O)OCC. The molecule has 4 heteroatoms. The lowest BCUT2D eigenvalue weighted by atomic mass is 9.72. The van der Waals surface area contributed by atoms with Gasteiger partial charge in [-0.1, -0.05) is 39.3 Å². The number of fused-ring (bicyclic) bond motifs is 1. The fraction of sp³-hybridized carbons (Fsp3) is 0.810. The second-order valence-electron chi connectivity index (χ2n) is 8.85. The minimum Gasteiger partial charge on any atom is -0.465 e. The van der Waals surface area contributed by atoms with E-state index in [1.54, 1.807) is 13.8 Å². The minimum atomic E-state index is -0.812. The number of carbonyl (C=O) groups is 2. The Bertz CT molecular complexity index is 526. The molecule has 0 saturated heterocycles. The lowest BCUT2D eigenvalue weighted by Gasteiger charge is -2.32. The van der Waals surface area contributed by atoms with Gasteiger partial charge >= 0.3 is 11.9 Å². The molecule has 2 atom stereocenters. The topological polar surface area (TPSA) is 52.6 Å². The monoisotopic (exact) mass is 350 g/mol. The van der Waals surface area contributed by atoms with Crippen molar-refractivity contribution in [2.45, 2.75) is 67.2 Å². The van der Waals surface area contributed by atoms with Gasteiger partial charge in [-0.15, -0.1) is 0 Å². The Labute approximate surface area is 152 Å². The zero-order valence-electron chi connectivity index (χ0n) is 16.7. The summed E-state index contributed by atoms with van der Waals surface area (Å²) in [6, 6.07) is 0. The van der Waals surface area contributed by atoms with Crippen LogP contribution in [0.25, 0.3) is 0 Å². The number of allylic oxidation sites excluding steroid dienone is 2. The number of ether oxygens (including phenoxy) is 2. The average Bonchev–Trinajstić information content (AvgIpc) is 2.92. The van der Waals surface area contributed by atoms with Crippen molar-refractivity contribution in [1.29, 1.82) is 0 Å². The molecule has 2 aliphatic carbocycles. The summed E-state index contributed by atoms with van der Waals surface area (Å²) >= 11 is 0. The van der Waals surface area contributed by atoms with Crippen molar-refractivity contribution in [1.82, 2.24) is 0 Å². The number of esters is 2. The third-order valence-corrected chi connectivity index (χ3v) is 6.09. The van der Waals surface area contributed by atoms with Crippen LogP contribution in [0.4, 0.5) is 0 Å². The van der Waals surface area contributed by atoms with Gasteiger partial charge in [0, 0.05) is 0 Å². The molecule has 0 heterocycles. The van der Waals surface area contributed by atoms with Crippen molar-refractivity contribution >= 4 is 11.9 Å². The first-order chi connectivity index (χ1) is 11.6. The molecule has 25 heavy (non-hydrogen) atoms. The Morgan fingerprint density at radius 2 is 1.64 bits per heavy atom. The molecule has 2 aliphatic rings. The van der Waals surface area contributed by atoms with E-state index in [-0.39, 0.29) is 18.6 Å². The highest BCUT2D eigenvalue weighted by molar-refractivity contribution is 5.94. The fourth-order valence-corrected chi connectivity index (χ4v) is 4.81. The van der Waals surface area contributed by atoms with Crippen LogP contribution in [-0.2, 0) is 19.1 Å². The lowest BCUT2D eigenvalue weighted by molar-refractivity contribution is -0.161. The molecule has 4 nitrogen and oxygen atoms in total. The summed E-state index contributed by atoms with van der Waals surface area (Å²) in [6.07, 6.45) is 6.11. The van der Waals surface area contributed by atoms with Crippen molar-refractivity contribution in [3.05, 3.63) is 11.6 Å². The van der Waals surface area contributed by atoms with E-state index in [0.717, 1.165) is 6.42 Å². The smallest absolute Gasteiger partial charge is 0.320 e. The van der Waals surface area contributed by atoms with Gasteiger partial charge in [0.25, 0.3) is 0 Å². The van der Waals surface area contributed by atoms with Crippen LogP contribution in [0.15, 0.2) is 11.6 Å². The summed E-state index contributed by atoms with van der Waals surface area (Å²) in [7, 11) is 0. The van der Waals surface area contributed by atoms with E-state index in [1.807, 2.05) is 0 Å². The quantitative estimate of drug-likeness (QED) is 0.385. The molecule has 0 spiro atoms. The van der Waals surface area contributed by atoms with Crippen molar-refractivity contribution in [2.24, 2.45) is 28.6 Å². The summed E-state index contributed by atoms with van der Waals surface area (Å²) in [5, 5.41) is 0. The van der Waals surface area contributed by atoms with Gasteiger partial charge in [-0.25, -0.2) is 0 Å². The minimum absolute atomic E-state index is 0.131. The summed E-state index contributed by atoms with van der Waals surface area (Å²) in [4.78, 5) is 24.3. The maximum atomic E-state index is 12.2. The lowest BCUT2D eigenvalue weighted by Crippen LogP contribution is -2.29. The molecule has 0 bridgehead atoms. The molecule has 0 aromatic rings. The molecule has 0 unspecified atom stereocenters. The van der Waals surface area contributed by atoms with E-state index in [2.05, 4.69) is 33.8 Å². The second kappa shape index (κ2) is 7.51. The molecular formula is C21H34O4. The highest BCUT2D eigenvalue weighted by Crippen LogP contribution is 2.60. The third kappa shape index (κ3) is 4.27. The third-order valence-electron chi connectivity index (χ3n) is 6.09. The number of hydrogen-bond acceptors (Lipinski definition) is 4. The number of carbonyl (C=O) groups excluding carboxylic acids is 2. The molecule has 1 saturated carbocycles. The van der Waals surface area contributed by atoms with E-state index in [0.29, 0.717) is 23.7 Å². The number of rotatable bonds is 7. The first-order valence-corrected chi connectivity index (χ1v) is 9.66. The summed E-state index contributed by atoms with van der Waals surface area (Å²) in [5.74, 6) is -0.435. The van der Waals surface area contributed by atoms with Gasteiger partial charge in [0.2, 0.25) is 0 Å². The molecule has 142 valence electrons.